The molecule has 10 heteroatoms. The highest BCUT2D eigenvalue weighted by molar-refractivity contribution is 8.17. The van der Waals surface area contributed by atoms with Gasteiger partial charge in [0.2, 0.25) is 0 Å². The summed E-state index contributed by atoms with van der Waals surface area (Å²) in [5.74, 6) is -3.65. The molecule has 0 bridgehead atoms. The number of hydrogen-bond donors (Lipinski definition) is 0. The van der Waals surface area contributed by atoms with Crippen LogP contribution in [0, 0.1) is 5.92 Å². The van der Waals surface area contributed by atoms with Crippen molar-refractivity contribution in [2.24, 2.45) is 5.92 Å². The van der Waals surface area contributed by atoms with Crippen LogP contribution in [0.5, 0.6) is 0 Å². The molecular formula is C28H29ClF3N3O2S. The highest BCUT2D eigenvalue weighted by Gasteiger charge is 2.30. The lowest BCUT2D eigenvalue weighted by Crippen LogP contribution is -2.40. The maximum Gasteiger partial charge on any atom is 0.270 e. The number of hydrogen-bond acceptors (Lipinski definition) is 5. The number of Topliss-reactive ketones (excluding diaryl/α,β-unsaturated/α-hetero) is 1. The fraction of sp³-hybridized carbons (Fsp3) is 0.393. The number of likely N-dealkylation sites (tertiary alicyclic amines) is 1. The third-order valence-corrected chi connectivity index (χ3v) is 7.96. The zero-order chi connectivity index (χ0) is 27.6. The molecule has 2 aromatic carbocycles. The summed E-state index contributed by atoms with van der Waals surface area (Å²) in [5, 5.41) is 5.13. The summed E-state index contributed by atoms with van der Waals surface area (Å²) >= 11 is 6.80. The summed E-state index contributed by atoms with van der Waals surface area (Å²) in [7, 11) is 1.86. The number of benzene rings is 2. The first-order valence-corrected chi connectivity index (χ1v) is 13.5. The Labute approximate surface area is 229 Å². The van der Waals surface area contributed by atoms with Crippen molar-refractivity contribution >= 4 is 51.2 Å². The number of nitrogens with zero attached hydrogens (tertiary/aromatic N) is 3. The zero-order valence-electron chi connectivity index (χ0n) is 21.4. The Kier molecular flexibility index (Phi) is 8.69. The molecule has 0 N–H and O–H groups in total. The van der Waals surface area contributed by atoms with E-state index in [1.165, 1.54) is 13.0 Å². The van der Waals surface area contributed by atoms with E-state index >= 15 is 0 Å². The molecule has 1 saturated heterocycles. The molecule has 2 atom stereocenters. The lowest BCUT2D eigenvalue weighted by molar-refractivity contribution is -0.114. The molecule has 0 amide bonds. The van der Waals surface area contributed by atoms with Crippen LogP contribution in [0.2, 0.25) is 5.02 Å². The minimum absolute atomic E-state index is 0.0829. The number of carbonyl (C=O) groups excluding carboxylic acids is 2. The normalized spacial score (nSPS) is 19.2. The van der Waals surface area contributed by atoms with Gasteiger partial charge in [0.25, 0.3) is 5.92 Å². The topological polar surface area (TPSA) is 55.2 Å². The summed E-state index contributed by atoms with van der Waals surface area (Å²) in [6, 6.07) is 9.81. The molecule has 4 rings (SSSR count). The van der Waals surface area contributed by atoms with Crippen molar-refractivity contribution in [3.8, 4) is 0 Å². The van der Waals surface area contributed by atoms with E-state index in [2.05, 4.69) is 5.10 Å². The Hall–Kier alpha value is -2.62. The second-order valence-corrected chi connectivity index (χ2v) is 11.4. The average Bonchev–Trinajstić information content (AvgIpc) is 3.22. The van der Waals surface area contributed by atoms with Crippen LogP contribution in [0.15, 0.2) is 47.5 Å². The van der Waals surface area contributed by atoms with Gasteiger partial charge in [-0.3, -0.25) is 14.3 Å². The fourth-order valence-electron chi connectivity index (χ4n) is 4.65. The van der Waals surface area contributed by atoms with Gasteiger partial charge in [-0.15, -0.1) is 0 Å². The number of ketones is 1. The predicted molar refractivity (Wildman–Crippen MR) is 146 cm³/mol. The molecule has 0 radical (unpaired) electrons. The summed E-state index contributed by atoms with van der Waals surface area (Å²) in [5.41, 5.74) is 1.68. The number of alkyl halides is 3. The molecule has 0 aliphatic carbocycles. The van der Waals surface area contributed by atoms with Crippen molar-refractivity contribution in [1.82, 2.24) is 14.7 Å². The van der Waals surface area contributed by atoms with Crippen molar-refractivity contribution in [3.63, 3.8) is 0 Å². The minimum atomic E-state index is -3.06. The van der Waals surface area contributed by atoms with Gasteiger partial charge in [0.1, 0.15) is 6.17 Å². The highest BCUT2D eigenvalue weighted by atomic mass is 35.5. The van der Waals surface area contributed by atoms with Gasteiger partial charge in [0.05, 0.1) is 23.2 Å². The van der Waals surface area contributed by atoms with Crippen molar-refractivity contribution in [2.75, 3.05) is 20.1 Å². The van der Waals surface area contributed by atoms with Crippen LogP contribution in [0.25, 0.3) is 17.0 Å². The lowest BCUT2D eigenvalue weighted by atomic mass is 9.93. The van der Waals surface area contributed by atoms with E-state index in [9.17, 15) is 22.8 Å². The molecule has 1 aromatic heterocycles. The Morgan fingerprint density at radius 3 is 2.68 bits per heavy atom. The van der Waals surface area contributed by atoms with Gasteiger partial charge in [0, 0.05) is 41.8 Å². The summed E-state index contributed by atoms with van der Waals surface area (Å²) < 4.78 is 44.3. The maximum absolute atomic E-state index is 14.4. The first kappa shape index (κ1) is 28.4. The molecule has 2 heterocycles. The van der Waals surface area contributed by atoms with Crippen LogP contribution in [0.3, 0.4) is 0 Å². The van der Waals surface area contributed by atoms with E-state index in [4.69, 9.17) is 11.6 Å². The third-order valence-electron chi connectivity index (χ3n) is 6.71. The Bertz CT molecular complexity index is 1390. The van der Waals surface area contributed by atoms with Crippen molar-refractivity contribution < 1.29 is 22.8 Å². The molecule has 5 nitrogen and oxygen atoms in total. The molecule has 2 unspecified atom stereocenters. The van der Waals surface area contributed by atoms with Crippen molar-refractivity contribution in [1.29, 1.82) is 0 Å². The number of carbonyl (C=O) groups is 2. The third kappa shape index (κ3) is 6.87. The van der Waals surface area contributed by atoms with Gasteiger partial charge in [-0.2, -0.15) is 5.10 Å². The molecule has 0 saturated carbocycles. The predicted octanol–water partition coefficient (Wildman–Crippen LogP) is 6.72. The van der Waals surface area contributed by atoms with Gasteiger partial charge in [-0.25, -0.2) is 13.2 Å². The fourth-order valence-corrected chi connectivity index (χ4v) is 5.70. The van der Waals surface area contributed by atoms with E-state index < -0.39 is 12.1 Å². The van der Waals surface area contributed by atoms with E-state index in [-0.39, 0.29) is 45.3 Å². The monoisotopic (exact) mass is 563 g/mol. The molecule has 1 aliphatic heterocycles. The van der Waals surface area contributed by atoms with Crippen LogP contribution in [-0.2, 0) is 22.1 Å². The summed E-state index contributed by atoms with van der Waals surface area (Å²) in [6.07, 6.45) is 2.89. The molecular weight excluding hydrogens is 535 g/mol. The quantitative estimate of drug-likeness (QED) is 0.285. The summed E-state index contributed by atoms with van der Waals surface area (Å²) in [4.78, 5) is 27.1. The zero-order valence-corrected chi connectivity index (χ0v) is 23.0. The molecule has 1 fully saturated rings. The number of thioether (sulfide) groups is 1. The second-order valence-electron chi connectivity index (χ2n) is 9.88. The minimum Gasteiger partial charge on any atom is -0.303 e. The standard InChI is InChI=1S/C28H29ClF3N3O2S/c1-17(36)26(38-27(37)12-19-8-9-34(3)16-24(19)30)11-18-4-7-25-21(10-18)14-33-35(25)15-20-5-6-22(29)13-23(20)28(2,31)32/h4-7,10-11,13-14,19,24H,8-9,12,15-16H2,1-3H3. The smallest absolute Gasteiger partial charge is 0.270 e. The van der Waals surface area contributed by atoms with Gasteiger partial charge in [0.15, 0.2) is 10.9 Å². The molecule has 38 heavy (non-hydrogen) atoms. The number of halogens is 4. The highest BCUT2D eigenvalue weighted by Crippen LogP contribution is 2.33. The van der Waals surface area contributed by atoms with Crippen molar-refractivity contribution in [3.05, 3.63) is 69.2 Å². The van der Waals surface area contributed by atoms with E-state index in [0.29, 0.717) is 24.1 Å². The van der Waals surface area contributed by atoms with Gasteiger partial charge >= 0.3 is 0 Å². The largest absolute Gasteiger partial charge is 0.303 e. The number of allylic oxidation sites excluding steroid dienone is 1. The number of piperidine rings is 1. The first-order valence-electron chi connectivity index (χ1n) is 12.3. The Morgan fingerprint density at radius 1 is 1.24 bits per heavy atom. The van der Waals surface area contributed by atoms with Gasteiger partial charge in [-0.05, 0) is 80.2 Å². The van der Waals surface area contributed by atoms with Gasteiger partial charge < -0.3 is 4.90 Å². The van der Waals surface area contributed by atoms with Crippen LogP contribution >= 0.6 is 23.4 Å². The van der Waals surface area contributed by atoms with Crippen LogP contribution < -0.4 is 0 Å². The molecule has 3 aromatic rings. The Morgan fingerprint density at radius 2 is 2.00 bits per heavy atom. The van der Waals surface area contributed by atoms with E-state index in [1.807, 2.05) is 18.0 Å². The molecule has 202 valence electrons. The summed E-state index contributed by atoms with van der Waals surface area (Å²) in [6.45, 7) is 3.41. The molecule has 1 aliphatic rings. The number of fused-ring (bicyclic) bond motifs is 1. The van der Waals surface area contributed by atoms with E-state index in [0.717, 1.165) is 36.1 Å². The average molecular weight is 564 g/mol. The van der Waals surface area contributed by atoms with Crippen LogP contribution in [0.4, 0.5) is 13.2 Å². The lowest BCUT2D eigenvalue weighted by Gasteiger charge is -2.31. The maximum atomic E-state index is 14.4. The molecule has 0 spiro atoms. The van der Waals surface area contributed by atoms with Crippen molar-refractivity contribution in [2.45, 2.75) is 45.3 Å². The Balaban J connectivity index is 1.52. The first-order chi connectivity index (χ1) is 17.9. The van der Waals surface area contributed by atoms with Gasteiger partial charge in [-0.1, -0.05) is 23.7 Å². The van der Waals surface area contributed by atoms with E-state index in [1.54, 1.807) is 41.2 Å². The van der Waals surface area contributed by atoms with Crippen LogP contribution in [0.1, 0.15) is 43.4 Å². The second kappa shape index (κ2) is 11.6. The SMILES string of the molecule is CC(=O)C(=Cc1ccc2c(cnn2Cc2ccc(Cl)cc2C(C)(F)F)c1)SC(=O)CC1CCN(C)CC1F. The number of aromatic nitrogens is 2. The van der Waals surface area contributed by atoms with Crippen LogP contribution in [-0.4, -0.2) is 51.9 Å². The number of rotatable bonds is 8.